The molecule has 5 nitrogen and oxygen atoms in total. The molecular formula is C26H19N5S. The molecule has 6 heteroatoms. The molecule has 1 aliphatic rings. The molecule has 0 radical (unpaired) electrons. The highest BCUT2D eigenvalue weighted by molar-refractivity contribution is 7.99. The Kier molecular flexibility index (Phi) is 4.77. The van der Waals surface area contributed by atoms with Crippen LogP contribution in [0.3, 0.4) is 0 Å². The van der Waals surface area contributed by atoms with Gasteiger partial charge in [0.15, 0.2) is 5.82 Å². The van der Waals surface area contributed by atoms with Gasteiger partial charge < -0.3 is 0 Å². The summed E-state index contributed by atoms with van der Waals surface area (Å²) in [6.07, 6.45) is 4.04. The predicted molar refractivity (Wildman–Crippen MR) is 129 cm³/mol. The van der Waals surface area contributed by atoms with E-state index in [0.717, 1.165) is 45.7 Å². The van der Waals surface area contributed by atoms with Gasteiger partial charge in [0.25, 0.3) is 0 Å². The van der Waals surface area contributed by atoms with E-state index in [1.54, 1.807) is 17.3 Å². The maximum Gasteiger partial charge on any atom is 0.160 e. The fourth-order valence-electron chi connectivity index (χ4n) is 4.06. The quantitative estimate of drug-likeness (QED) is 0.341. The lowest BCUT2D eigenvalue weighted by atomic mass is 10.0. The molecular weight excluding hydrogens is 414 g/mol. The zero-order valence-electron chi connectivity index (χ0n) is 17.2. The Morgan fingerprint density at radius 1 is 0.875 bits per heavy atom. The second-order valence-electron chi connectivity index (χ2n) is 7.64. The molecule has 5 aromatic rings. The number of para-hydroxylation sites is 2. The summed E-state index contributed by atoms with van der Waals surface area (Å²) in [4.78, 5) is 15.4. The molecule has 0 N–H and O–H groups in total. The lowest BCUT2D eigenvalue weighted by Gasteiger charge is -2.19. The van der Waals surface area contributed by atoms with Crippen LogP contribution in [0, 0.1) is 0 Å². The molecule has 0 fully saturated rings. The fourth-order valence-corrected chi connectivity index (χ4v) is 5.30. The molecule has 154 valence electrons. The van der Waals surface area contributed by atoms with E-state index in [-0.39, 0.29) is 5.25 Å². The fraction of sp³-hybridized carbons (Fsp3) is 0.0769. The maximum atomic E-state index is 5.08. The Hall–Kier alpha value is -3.77. The smallest absolute Gasteiger partial charge is 0.160 e. The number of hydrogen-bond acceptors (Lipinski definition) is 5. The van der Waals surface area contributed by atoms with E-state index in [2.05, 4.69) is 70.7 Å². The van der Waals surface area contributed by atoms with Gasteiger partial charge in [-0.15, -0.1) is 11.8 Å². The van der Waals surface area contributed by atoms with E-state index in [1.165, 1.54) is 4.90 Å². The average Bonchev–Trinajstić information content (AvgIpc) is 3.31. The van der Waals surface area contributed by atoms with Crippen molar-refractivity contribution in [2.75, 3.05) is 0 Å². The SMILES string of the molecule is c1ccc(C2=Nc3ccccc3SC(c3cc4ccccc4nc3-n3cncn3)C2)cc1. The first-order valence-electron chi connectivity index (χ1n) is 10.5. The van der Waals surface area contributed by atoms with Gasteiger partial charge in [-0.2, -0.15) is 5.10 Å². The highest BCUT2D eigenvalue weighted by Crippen LogP contribution is 2.47. The van der Waals surface area contributed by atoms with Crippen molar-refractivity contribution in [2.24, 2.45) is 4.99 Å². The summed E-state index contributed by atoms with van der Waals surface area (Å²) in [6, 6.07) is 29.2. The van der Waals surface area contributed by atoms with Crippen molar-refractivity contribution >= 4 is 34.1 Å². The van der Waals surface area contributed by atoms with Crippen LogP contribution in [0.4, 0.5) is 5.69 Å². The molecule has 0 amide bonds. The third-order valence-corrected chi connectivity index (χ3v) is 6.89. The van der Waals surface area contributed by atoms with E-state index in [4.69, 9.17) is 9.98 Å². The molecule has 1 aliphatic heterocycles. The Balaban J connectivity index is 1.55. The van der Waals surface area contributed by atoms with Gasteiger partial charge in [-0.3, -0.25) is 4.99 Å². The van der Waals surface area contributed by atoms with E-state index in [0.29, 0.717) is 0 Å². The summed E-state index contributed by atoms with van der Waals surface area (Å²) in [7, 11) is 0. The number of fused-ring (bicyclic) bond motifs is 2. The highest BCUT2D eigenvalue weighted by Gasteiger charge is 2.26. The van der Waals surface area contributed by atoms with Gasteiger partial charge in [-0.25, -0.2) is 14.6 Å². The number of pyridine rings is 1. The van der Waals surface area contributed by atoms with E-state index < -0.39 is 0 Å². The summed E-state index contributed by atoms with van der Waals surface area (Å²) in [5, 5.41) is 5.63. The number of hydrogen-bond donors (Lipinski definition) is 0. The lowest BCUT2D eigenvalue weighted by molar-refractivity contribution is 0.824. The number of nitrogens with zero attached hydrogens (tertiary/aromatic N) is 5. The monoisotopic (exact) mass is 433 g/mol. The van der Waals surface area contributed by atoms with Gasteiger partial charge in [-0.1, -0.05) is 60.7 Å². The van der Waals surface area contributed by atoms with Gasteiger partial charge >= 0.3 is 0 Å². The first-order valence-corrected chi connectivity index (χ1v) is 11.4. The standard InChI is InChI=1S/C26H19N5S/c1-2-8-18(9-3-1)23-15-25(32-24-13-7-6-12-22(24)29-23)20-14-19-10-4-5-11-21(19)30-26(20)31-17-27-16-28-31/h1-14,16-17,25H,15H2. The molecule has 0 saturated heterocycles. The maximum absolute atomic E-state index is 5.08. The molecule has 0 aliphatic carbocycles. The molecule has 6 rings (SSSR count). The Bertz CT molecular complexity index is 1430. The molecule has 1 atom stereocenters. The van der Waals surface area contributed by atoms with Crippen molar-refractivity contribution in [3.05, 3.63) is 109 Å². The van der Waals surface area contributed by atoms with E-state index >= 15 is 0 Å². The minimum absolute atomic E-state index is 0.119. The summed E-state index contributed by atoms with van der Waals surface area (Å²) in [5.74, 6) is 0.811. The van der Waals surface area contributed by atoms with Crippen LogP contribution in [0.1, 0.15) is 22.8 Å². The summed E-state index contributed by atoms with van der Waals surface area (Å²) in [6.45, 7) is 0. The van der Waals surface area contributed by atoms with Crippen molar-refractivity contribution in [1.29, 1.82) is 0 Å². The van der Waals surface area contributed by atoms with Crippen molar-refractivity contribution in [1.82, 2.24) is 19.7 Å². The van der Waals surface area contributed by atoms with Gasteiger partial charge in [0.2, 0.25) is 0 Å². The zero-order chi connectivity index (χ0) is 21.3. The lowest BCUT2D eigenvalue weighted by Crippen LogP contribution is -2.10. The number of aromatic nitrogens is 4. The first-order chi connectivity index (χ1) is 15.8. The second-order valence-corrected chi connectivity index (χ2v) is 8.88. The summed E-state index contributed by atoms with van der Waals surface area (Å²) < 4.78 is 1.76. The van der Waals surface area contributed by atoms with Gasteiger partial charge in [0.05, 0.1) is 11.2 Å². The van der Waals surface area contributed by atoms with Crippen LogP contribution < -0.4 is 0 Å². The summed E-state index contributed by atoms with van der Waals surface area (Å²) in [5.41, 5.74) is 5.30. The van der Waals surface area contributed by atoms with E-state index in [1.807, 2.05) is 36.0 Å². The van der Waals surface area contributed by atoms with Crippen LogP contribution in [-0.4, -0.2) is 25.5 Å². The third kappa shape index (κ3) is 3.48. The summed E-state index contributed by atoms with van der Waals surface area (Å²) >= 11 is 1.83. The van der Waals surface area contributed by atoms with Crippen LogP contribution in [0.2, 0.25) is 0 Å². The van der Waals surface area contributed by atoms with Crippen LogP contribution in [0.5, 0.6) is 0 Å². The van der Waals surface area contributed by atoms with Gasteiger partial charge in [0, 0.05) is 33.2 Å². The number of aliphatic imine (C=N–C) groups is 1. The molecule has 0 saturated carbocycles. The van der Waals surface area contributed by atoms with Crippen LogP contribution in [-0.2, 0) is 0 Å². The normalized spacial score (nSPS) is 15.8. The third-order valence-electron chi connectivity index (χ3n) is 5.59. The molecule has 3 heterocycles. The number of rotatable bonds is 3. The van der Waals surface area contributed by atoms with Gasteiger partial charge in [-0.05, 0) is 29.8 Å². The van der Waals surface area contributed by atoms with Crippen molar-refractivity contribution in [2.45, 2.75) is 16.6 Å². The van der Waals surface area contributed by atoms with E-state index in [9.17, 15) is 0 Å². The average molecular weight is 434 g/mol. The number of thioether (sulfide) groups is 1. The Morgan fingerprint density at radius 3 is 2.56 bits per heavy atom. The molecule has 0 spiro atoms. The van der Waals surface area contributed by atoms with Crippen molar-refractivity contribution in [3.63, 3.8) is 0 Å². The molecule has 3 aromatic carbocycles. The van der Waals surface area contributed by atoms with Crippen molar-refractivity contribution in [3.8, 4) is 5.82 Å². The second kappa shape index (κ2) is 8.05. The number of benzene rings is 3. The van der Waals surface area contributed by atoms with Gasteiger partial charge in [0.1, 0.15) is 12.7 Å². The molecule has 2 aromatic heterocycles. The van der Waals surface area contributed by atoms with Crippen LogP contribution in [0.25, 0.3) is 16.7 Å². The van der Waals surface area contributed by atoms with Crippen molar-refractivity contribution < 1.29 is 0 Å². The molecule has 32 heavy (non-hydrogen) atoms. The predicted octanol–water partition coefficient (Wildman–Crippen LogP) is 6.17. The Morgan fingerprint density at radius 2 is 1.69 bits per heavy atom. The first kappa shape index (κ1) is 19.0. The minimum atomic E-state index is 0.119. The molecule has 0 bridgehead atoms. The Labute approximate surface area is 189 Å². The highest BCUT2D eigenvalue weighted by atomic mass is 32.2. The zero-order valence-corrected chi connectivity index (χ0v) is 18.0. The van der Waals surface area contributed by atoms with Crippen LogP contribution in [0.15, 0.2) is 107 Å². The largest absolute Gasteiger partial charge is 0.252 e. The minimum Gasteiger partial charge on any atom is -0.252 e. The topological polar surface area (TPSA) is 56.0 Å². The van der Waals surface area contributed by atoms with Crippen LogP contribution >= 0.6 is 11.8 Å². The molecule has 1 unspecified atom stereocenters.